The van der Waals surface area contributed by atoms with Gasteiger partial charge in [-0.1, -0.05) is 22.0 Å². The van der Waals surface area contributed by atoms with Gasteiger partial charge < -0.3 is 10.1 Å². The number of pyridine rings is 1. The van der Waals surface area contributed by atoms with Gasteiger partial charge in [-0.2, -0.15) is 0 Å². The lowest BCUT2D eigenvalue weighted by Gasteiger charge is -2.13. The van der Waals surface area contributed by atoms with Crippen molar-refractivity contribution in [3.8, 4) is 0 Å². The first-order valence-electron chi connectivity index (χ1n) is 5.44. The van der Waals surface area contributed by atoms with Crippen molar-refractivity contribution in [3.63, 3.8) is 0 Å². The van der Waals surface area contributed by atoms with Crippen LogP contribution in [0.15, 0.2) is 22.8 Å². The van der Waals surface area contributed by atoms with Crippen LogP contribution in [-0.4, -0.2) is 25.1 Å². The fourth-order valence-electron chi connectivity index (χ4n) is 1.93. The molecule has 5 heteroatoms. The fourth-order valence-corrected chi connectivity index (χ4v) is 2.45. The Morgan fingerprint density at radius 1 is 1.44 bits per heavy atom. The Balaban J connectivity index is 2.87. The molecule has 0 atom stereocenters. The molecule has 18 heavy (non-hydrogen) atoms. The highest BCUT2D eigenvalue weighted by atomic mass is 79.9. The van der Waals surface area contributed by atoms with E-state index in [1.165, 1.54) is 7.11 Å². The molecular weight excluding hydrogens is 296 g/mol. The molecule has 1 heterocycles. The van der Waals surface area contributed by atoms with Gasteiger partial charge in [-0.05, 0) is 18.6 Å². The number of carbonyl (C=O) groups is 1. The lowest BCUT2D eigenvalue weighted by atomic mass is 10.1. The van der Waals surface area contributed by atoms with Crippen molar-refractivity contribution in [1.82, 2.24) is 4.98 Å². The minimum atomic E-state index is -0.401. The molecule has 4 nitrogen and oxygen atoms in total. The number of carbonyl (C=O) groups excluding carboxylic acids is 1. The third-order valence-electron chi connectivity index (χ3n) is 2.83. The zero-order chi connectivity index (χ0) is 13.3. The standard InChI is InChI=1S/C13H13BrN2O2/c1-7-4-5-9(14)10-11(7)16-6-8(12(10)15-2)13(17)18-3/h4-6H,1-3H3,(H,15,16). The summed E-state index contributed by atoms with van der Waals surface area (Å²) in [6, 6.07) is 3.93. The molecule has 0 amide bonds. The first kappa shape index (κ1) is 12.8. The molecule has 94 valence electrons. The van der Waals surface area contributed by atoms with E-state index in [2.05, 4.69) is 26.2 Å². The molecule has 0 saturated heterocycles. The SMILES string of the molecule is CNc1c(C(=O)OC)cnc2c(C)ccc(Br)c12. The Morgan fingerprint density at radius 2 is 2.17 bits per heavy atom. The summed E-state index contributed by atoms with van der Waals surface area (Å²) in [4.78, 5) is 16.1. The number of nitrogens with zero attached hydrogens (tertiary/aromatic N) is 1. The van der Waals surface area contributed by atoms with Crippen LogP contribution in [0.25, 0.3) is 10.9 Å². The molecule has 0 radical (unpaired) electrons. The number of nitrogens with one attached hydrogen (secondary N) is 1. The maximum Gasteiger partial charge on any atom is 0.341 e. The Bertz CT molecular complexity index is 626. The minimum absolute atomic E-state index is 0.401. The number of hydrogen-bond acceptors (Lipinski definition) is 4. The highest BCUT2D eigenvalue weighted by molar-refractivity contribution is 9.10. The number of rotatable bonds is 2. The molecule has 1 aromatic carbocycles. The smallest absolute Gasteiger partial charge is 0.341 e. The van der Waals surface area contributed by atoms with Gasteiger partial charge in [-0.15, -0.1) is 0 Å². The average molecular weight is 309 g/mol. The zero-order valence-electron chi connectivity index (χ0n) is 10.4. The first-order valence-corrected chi connectivity index (χ1v) is 6.23. The highest BCUT2D eigenvalue weighted by Crippen LogP contribution is 2.33. The largest absolute Gasteiger partial charge is 0.465 e. The van der Waals surface area contributed by atoms with Crippen LogP contribution in [0.2, 0.25) is 0 Å². The lowest BCUT2D eigenvalue weighted by molar-refractivity contribution is 0.0601. The minimum Gasteiger partial charge on any atom is -0.465 e. The third-order valence-corrected chi connectivity index (χ3v) is 3.49. The number of aryl methyl sites for hydroxylation is 1. The van der Waals surface area contributed by atoms with E-state index in [0.717, 1.165) is 26.6 Å². The number of hydrogen-bond donors (Lipinski definition) is 1. The van der Waals surface area contributed by atoms with Crippen LogP contribution in [0.5, 0.6) is 0 Å². The maximum atomic E-state index is 11.7. The Hall–Kier alpha value is -1.62. The monoisotopic (exact) mass is 308 g/mol. The normalized spacial score (nSPS) is 10.4. The van der Waals surface area contributed by atoms with E-state index >= 15 is 0 Å². The van der Waals surface area contributed by atoms with Gasteiger partial charge >= 0.3 is 5.97 Å². The van der Waals surface area contributed by atoms with E-state index in [0.29, 0.717) is 5.56 Å². The molecular formula is C13H13BrN2O2. The van der Waals surface area contributed by atoms with Gasteiger partial charge in [0.25, 0.3) is 0 Å². The van der Waals surface area contributed by atoms with Crippen LogP contribution in [0, 0.1) is 6.92 Å². The molecule has 0 spiro atoms. The summed E-state index contributed by atoms with van der Waals surface area (Å²) >= 11 is 3.50. The first-order chi connectivity index (χ1) is 8.60. The van der Waals surface area contributed by atoms with E-state index < -0.39 is 5.97 Å². The summed E-state index contributed by atoms with van der Waals surface area (Å²) in [6.45, 7) is 1.99. The maximum absolute atomic E-state index is 11.7. The second-order valence-electron chi connectivity index (χ2n) is 3.88. The average Bonchev–Trinajstić information content (AvgIpc) is 2.40. The Labute approximate surface area is 113 Å². The van der Waals surface area contributed by atoms with Crippen LogP contribution in [0.4, 0.5) is 5.69 Å². The van der Waals surface area contributed by atoms with E-state index in [1.54, 1.807) is 13.2 Å². The lowest BCUT2D eigenvalue weighted by Crippen LogP contribution is -2.07. The Kier molecular flexibility index (Phi) is 3.52. The van der Waals surface area contributed by atoms with Crippen molar-refractivity contribution >= 4 is 38.5 Å². The number of esters is 1. The number of aromatic nitrogens is 1. The molecule has 0 aliphatic heterocycles. The van der Waals surface area contributed by atoms with Crippen LogP contribution < -0.4 is 5.32 Å². The summed E-state index contributed by atoms with van der Waals surface area (Å²) in [5, 5.41) is 3.94. The van der Waals surface area contributed by atoms with Crippen molar-refractivity contribution in [3.05, 3.63) is 33.9 Å². The van der Waals surface area contributed by atoms with Crippen LogP contribution >= 0.6 is 15.9 Å². The topological polar surface area (TPSA) is 51.2 Å². The van der Waals surface area contributed by atoms with Crippen LogP contribution in [-0.2, 0) is 4.74 Å². The van der Waals surface area contributed by atoms with E-state index in [-0.39, 0.29) is 0 Å². The molecule has 0 fully saturated rings. The summed E-state index contributed by atoms with van der Waals surface area (Å²) in [5.41, 5.74) is 3.07. The second kappa shape index (κ2) is 4.94. The van der Waals surface area contributed by atoms with Gasteiger partial charge in [0.05, 0.1) is 18.3 Å². The molecule has 0 aliphatic rings. The predicted octanol–water partition coefficient (Wildman–Crippen LogP) is 3.13. The van der Waals surface area contributed by atoms with Crippen molar-refractivity contribution in [2.75, 3.05) is 19.5 Å². The van der Waals surface area contributed by atoms with Gasteiger partial charge in [0.1, 0.15) is 5.56 Å². The number of methoxy groups -OCH3 is 1. The number of anilines is 1. The predicted molar refractivity (Wildman–Crippen MR) is 75.1 cm³/mol. The molecule has 0 aliphatic carbocycles. The number of fused-ring (bicyclic) bond motifs is 1. The summed E-state index contributed by atoms with van der Waals surface area (Å²) in [6.07, 6.45) is 1.54. The molecule has 2 rings (SSSR count). The molecule has 2 aromatic rings. The Morgan fingerprint density at radius 3 is 2.78 bits per heavy atom. The van der Waals surface area contributed by atoms with Gasteiger partial charge in [-0.25, -0.2) is 4.79 Å². The van der Waals surface area contributed by atoms with Crippen molar-refractivity contribution in [1.29, 1.82) is 0 Å². The molecule has 0 unspecified atom stereocenters. The molecule has 1 N–H and O–H groups in total. The quantitative estimate of drug-likeness (QED) is 0.866. The van der Waals surface area contributed by atoms with Gasteiger partial charge in [0.2, 0.25) is 0 Å². The molecule has 0 saturated carbocycles. The third kappa shape index (κ3) is 1.95. The second-order valence-corrected chi connectivity index (χ2v) is 4.73. The van der Waals surface area contributed by atoms with E-state index in [4.69, 9.17) is 4.74 Å². The van der Waals surface area contributed by atoms with Crippen LogP contribution in [0.1, 0.15) is 15.9 Å². The summed E-state index contributed by atoms with van der Waals surface area (Å²) in [7, 11) is 3.13. The van der Waals surface area contributed by atoms with Gasteiger partial charge in [0, 0.05) is 23.1 Å². The van der Waals surface area contributed by atoms with Crippen molar-refractivity contribution in [2.45, 2.75) is 6.92 Å². The van der Waals surface area contributed by atoms with Gasteiger partial charge in [-0.3, -0.25) is 4.98 Å². The van der Waals surface area contributed by atoms with E-state index in [9.17, 15) is 4.79 Å². The zero-order valence-corrected chi connectivity index (χ0v) is 12.0. The van der Waals surface area contributed by atoms with Gasteiger partial charge in [0.15, 0.2) is 0 Å². The number of halogens is 1. The van der Waals surface area contributed by atoms with E-state index in [1.807, 2.05) is 19.1 Å². The molecule has 1 aromatic heterocycles. The van der Waals surface area contributed by atoms with Crippen molar-refractivity contribution < 1.29 is 9.53 Å². The molecule has 0 bridgehead atoms. The highest BCUT2D eigenvalue weighted by Gasteiger charge is 2.17. The summed E-state index contributed by atoms with van der Waals surface area (Å²) in [5.74, 6) is -0.401. The van der Waals surface area contributed by atoms with Crippen molar-refractivity contribution in [2.24, 2.45) is 0 Å². The van der Waals surface area contributed by atoms with Crippen LogP contribution in [0.3, 0.4) is 0 Å². The number of benzene rings is 1. The fraction of sp³-hybridized carbons (Fsp3) is 0.231. The summed E-state index contributed by atoms with van der Waals surface area (Å²) < 4.78 is 5.66. The number of ether oxygens (including phenoxy) is 1.